The minimum Gasteiger partial charge on any atom is -0.306 e. The average molecular weight is 471 g/mol. The molecule has 0 spiro atoms. The topological polar surface area (TPSA) is 61.4 Å². The Kier molecular flexibility index (Phi) is 5.56. The molecule has 7 heteroatoms. The van der Waals surface area contributed by atoms with Crippen LogP contribution >= 0.6 is 27.5 Å². The molecular formula is C22H17BrClN3O2. The van der Waals surface area contributed by atoms with Crippen LogP contribution in [0.15, 0.2) is 83.3 Å². The summed E-state index contributed by atoms with van der Waals surface area (Å²) >= 11 is 9.82. The average Bonchev–Trinajstić information content (AvgIpc) is 3.08. The van der Waals surface area contributed by atoms with Gasteiger partial charge in [0.05, 0.1) is 12.0 Å². The predicted octanol–water partition coefficient (Wildman–Crippen LogP) is 5.51. The van der Waals surface area contributed by atoms with E-state index < -0.39 is 18.0 Å². The molecule has 3 amide bonds. The first-order valence-corrected chi connectivity index (χ1v) is 10.2. The highest BCUT2D eigenvalue weighted by atomic mass is 79.9. The second-order valence-electron chi connectivity index (χ2n) is 6.64. The minimum absolute atomic E-state index is 0.257. The van der Waals surface area contributed by atoms with Crippen LogP contribution in [0.4, 0.5) is 10.5 Å². The number of halogens is 2. The van der Waals surface area contributed by atoms with Gasteiger partial charge in [0.2, 0.25) is 5.91 Å². The number of amides is 3. The van der Waals surface area contributed by atoms with Crippen LogP contribution in [0.5, 0.6) is 0 Å². The minimum atomic E-state index is -0.589. The lowest BCUT2D eigenvalue weighted by Gasteiger charge is -2.27. The van der Waals surface area contributed by atoms with Gasteiger partial charge in [-0.15, -0.1) is 0 Å². The Bertz CT molecular complexity index is 1040. The highest BCUT2D eigenvalue weighted by molar-refractivity contribution is 9.10. The fourth-order valence-electron chi connectivity index (χ4n) is 3.47. The van der Waals surface area contributed by atoms with Crippen LogP contribution in [0.25, 0.3) is 0 Å². The molecule has 146 valence electrons. The summed E-state index contributed by atoms with van der Waals surface area (Å²) < 4.78 is 0.906. The zero-order valence-electron chi connectivity index (χ0n) is 15.2. The maximum Gasteiger partial charge on any atom is 0.341 e. The van der Waals surface area contributed by atoms with Gasteiger partial charge in [0.1, 0.15) is 0 Å². The number of benzene rings is 3. The summed E-state index contributed by atoms with van der Waals surface area (Å²) in [6.07, 6.45) is 0. The van der Waals surface area contributed by atoms with E-state index in [-0.39, 0.29) is 5.91 Å². The molecule has 0 bridgehead atoms. The van der Waals surface area contributed by atoms with Crippen molar-refractivity contribution in [2.75, 3.05) is 5.32 Å². The standard InChI is InChI=1S/C22H17BrClN3O2/c23-15-10-12-16(13-11-15)25-22(29)27-20(17-8-4-5-9-18(17)24)19(21(28)26-27)14-6-2-1-3-7-14/h1-13,19-20H,(H,25,29)(H,26,28). The van der Waals surface area contributed by atoms with Crippen molar-refractivity contribution in [3.8, 4) is 0 Å². The Morgan fingerprint density at radius 1 is 0.966 bits per heavy atom. The number of nitrogens with zero attached hydrogens (tertiary/aromatic N) is 1. The quantitative estimate of drug-likeness (QED) is 0.530. The molecule has 5 nitrogen and oxygen atoms in total. The third-order valence-corrected chi connectivity index (χ3v) is 5.68. The molecule has 0 radical (unpaired) electrons. The van der Waals surface area contributed by atoms with Crippen LogP contribution in [0.2, 0.25) is 5.02 Å². The number of anilines is 1. The fourth-order valence-corrected chi connectivity index (χ4v) is 3.98. The lowest BCUT2D eigenvalue weighted by Crippen LogP contribution is -2.42. The van der Waals surface area contributed by atoms with Gasteiger partial charge in [0.15, 0.2) is 0 Å². The summed E-state index contributed by atoms with van der Waals surface area (Å²) in [4.78, 5) is 26.0. The zero-order chi connectivity index (χ0) is 20.4. The number of hydrogen-bond acceptors (Lipinski definition) is 2. The molecule has 0 saturated carbocycles. The van der Waals surface area contributed by atoms with Crippen molar-refractivity contribution >= 4 is 45.2 Å². The third kappa shape index (κ3) is 3.99. The number of nitrogens with one attached hydrogen (secondary N) is 2. The molecule has 1 saturated heterocycles. The Balaban J connectivity index is 1.72. The molecule has 29 heavy (non-hydrogen) atoms. The lowest BCUT2D eigenvalue weighted by molar-refractivity contribution is -0.121. The van der Waals surface area contributed by atoms with Crippen LogP contribution < -0.4 is 10.7 Å². The van der Waals surface area contributed by atoms with Crippen molar-refractivity contribution in [2.24, 2.45) is 0 Å². The van der Waals surface area contributed by atoms with Crippen LogP contribution in [-0.4, -0.2) is 16.9 Å². The summed E-state index contributed by atoms with van der Waals surface area (Å²) in [5.41, 5.74) is 4.86. The molecule has 2 N–H and O–H groups in total. The molecule has 2 atom stereocenters. The van der Waals surface area contributed by atoms with Crippen molar-refractivity contribution in [1.29, 1.82) is 0 Å². The Morgan fingerprint density at radius 2 is 1.62 bits per heavy atom. The van der Waals surface area contributed by atoms with E-state index in [0.717, 1.165) is 10.0 Å². The van der Waals surface area contributed by atoms with Crippen LogP contribution in [0.3, 0.4) is 0 Å². The van der Waals surface area contributed by atoms with Gasteiger partial charge < -0.3 is 5.32 Å². The van der Waals surface area contributed by atoms with E-state index in [1.165, 1.54) is 5.01 Å². The Hall–Kier alpha value is -2.83. The van der Waals surface area contributed by atoms with E-state index in [2.05, 4.69) is 26.7 Å². The lowest BCUT2D eigenvalue weighted by atomic mass is 9.87. The summed E-state index contributed by atoms with van der Waals surface area (Å²) in [6.45, 7) is 0. The molecule has 3 aromatic rings. The van der Waals surface area contributed by atoms with Crippen molar-refractivity contribution in [1.82, 2.24) is 10.4 Å². The van der Waals surface area contributed by atoms with Crippen molar-refractivity contribution in [2.45, 2.75) is 12.0 Å². The number of carbonyl (C=O) groups excluding carboxylic acids is 2. The van der Waals surface area contributed by atoms with Gasteiger partial charge in [-0.3, -0.25) is 10.2 Å². The van der Waals surface area contributed by atoms with Crippen LogP contribution in [-0.2, 0) is 4.79 Å². The fraction of sp³-hybridized carbons (Fsp3) is 0.0909. The largest absolute Gasteiger partial charge is 0.341 e. The summed E-state index contributed by atoms with van der Waals surface area (Å²) in [7, 11) is 0. The van der Waals surface area contributed by atoms with Crippen LogP contribution in [0.1, 0.15) is 23.1 Å². The van der Waals surface area contributed by atoms with Gasteiger partial charge >= 0.3 is 6.03 Å². The second-order valence-corrected chi connectivity index (χ2v) is 7.96. The van der Waals surface area contributed by atoms with Crippen molar-refractivity contribution in [3.63, 3.8) is 0 Å². The zero-order valence-corrected chi connectivity index (χ0v) is 17.5. The maximum absolute atomic E-state index is 13.1. The second kappa shape index (κ2) is 8.27. The van der Waals surface area contributed by atoms with E-state index in [0.29, 0.717) is 16.3 Å². The normalized spacial score (nSPS) is 18.4. The number of hydrazine groups is 1. The molecule has 1 heterocycles. The number of urea groups is 1. The molecule has 1 aliphatic rings. The summed E-state index contributed by atoms with van der Waals surface area (Å²) in [6, 6.07) is 22.8. The highest BCUT2D eigenvalue weighted by Gasteiger charge is 2.45. The van der Waals surface area contributed by atoms with Gasteiger partial charge in [-0.25, -0.2) is 9.80 Å². The molecule has 1 fully saturated rings. The van der Waals surface area contributed by atoms with Gasteiger partial charge in [-0.1, -0.05) is 76.1 Å². The SMILES string of the molecule is O=C1NN(C(=O)Nc2ccc(Br)cc2)C(c2ccccc2Cl)C1c1ccccc1. The molecule has 4 rings (SSSR count). The number of carbonyl (C=O) groups is 2. The molecule has 1 aliphatic heterocycles. The van der Waals surface area contributed by atoms with Crippen molar-refractivity contribution < 1.29 is 9.59 Å². The van der Waals surface area contributed by atoms with E-state index >= 15 is 0 Å². The molecule has 0 aliphatic carbocycles. The first-order valence-electron chi connectivity index (χ1n) is 9.00. The van der Waals surface area contributed by atoms with Gasteiger partial charge in [0, 0.05) is 15.2 Å². The third-order valence-electron chi connectivity index (χ3n) is 4.80. The smallest absolute Gasteiger partial charge is 0.306 e. The van der Waals surface area contributed by atoms with Gasteiger partial charge in [0.25, 0.3) is 0 Å². The number of hydrogen-bond donors (Lipinski definition) is 2. The molecule has 2 unspecified atom stereocenters. The molecule has 0 aromatic heterocycles. The summed E-state index contributed by atoms with van der Waals surface area (Å²) in [5, 5.41) is 4.65. The Morgan fingerprint density at radius 3 is 2.31 bits per heavy atom. The van der Waals surface area contributed by atoms with Gasteiger partial charge in [-0.2, -0.15) is 0 Å². The van der Waals surface area contributed by atoms with E-state index in [4.69, 9.17) is 11.6 Å². The predicted molar refractivity (Wildman–Crippen MR) is 117 cm³/mol. The number of rotatable bonds is 3. The van der Waals surface area contributed by atoms with Crippen molar-refractivity contribution in [3.05, 3.63) is 99.5 Å². The molecular weight excluding hydrogens is 454 g/mol. The van der Waals surface area contributed by atoms with E-state index in [1.807, 2.05) is 60.7 Å². The molecule has 3 aromatic carbocycles. The maximum atomic E-state index is 13.1. The van der Waals surface area contributed by atoms with E-state index in [1.54, 1.807) is 18.2 Å². The monoisotopic (exact) mass is 469 g/mol. The van der Waals surface area contributed by atoms with Crippen LogP contribution in [0, 0.1) is 0 Å². The summed E-state index contributed by atoms with van der Waals surface area (Å²) in [5.74, 6) is -0.834. The Labute approximate surface area is 181 Å². The first-order chi connectivity index (χ1) is 14.0. The van der Waals surface area contributed by atoms with Gasteiger partial charge in [-0.05, 0) is 41.5 Å². The first kappa shape index (κ1) is 19.5. The van der Waals surface area contributed by atoms with E-state index in [9.17, 15) is 9.59 Å². The highest BCUT2D eigenvalue weighted by Crippen LogP contribution is 2.42.